The van der Waals surface area contributed by atoms with Crippen LogP contribution >= 0.6 is 0 Å². The maximum absolute atomic E-state index is 11.5. The molecule has 0 N–H and O–H groups in total. The van der Waals surface area contributed by atoms with E-state index in [2.05, 4.69) is 26.9 Å². The summed E-state index contributed by atoms with van der Waals surface area (Å²) in [5.41, 5.74) is 3.33. The lowest BCUT2D eigenvalue weighted by Crippen LogP contribution is -2.46. The van der Waals surface area contributed by atoms with Gasteiger partial charge >= 0.3 is 5.97 Å². The third-order valence-electron chi connectivity index (χ3n) is 5.78. The van der Waals surface area contributed by atoms with Crippen molar-refractivity contribution in [2.24, 2.45) is 0 Å². The number of rotatable bonds is 8. The Hall–Kier alpha value is -3.58. The molecule has 172 valence electrons. The van der Waals surface area contributed by atoms with Crippen LogP contribution in [0.25, 0.3) is 11.1 Å². The van der Waals surface area contributed by atoms with E-state index in [1.165, 1.54) is 7.11 Å². The summed E-state index contributed by atoms with van der Waals surface area (Å²) in [6.07, 6.45) is 1.84. The van der Waals surface area contributed by atoms with Gasteiger partial charge in [0.1, 0.15) is 17.3 Å². The number of aromatic nitrogens is 1. The highest BCUT2D eigenvalue weighted by Gasteiger charge is 2.20. The van der Waals surface area contributed by atoms with Crippen molar-refractivity contribution in [2.45, 2.75) is 6.54 Å². The number of anilines is 1. The second-order valence-electron chi connectivity index (χ2n) is 7.87. The van der Waals surface area contributed by atoms with Gasteiger partial charge in [-0.15, -0.1) is 0 Å². The maximum Gasteiger partial charge on any atom is 0.343 e. The van der Waals surface area contributed by atoms with Crippen LogP contribution in [0.4, 0.5) is 5.82 Å². The number of methoxy groups -OCH3 is 2. The summed E-state index contributed by atoms with van der Waals surface area (Å²) in [7, 11) is 3.03. The Morgan fingerprint density at radius 2 is 1.79 bits per heavy atom. The molecule has 0 spiro atoms. The number of hydrogen-bond donors (Lipinski definition) is 0. The molecule has 7 nitrogen and oxygen atoms in total. The third-order valence-corrected chi connectivity index (χ3v) is 5.78. The topological polar surface area (TPSA) is 64.1 Å². The fourth-order valence-corrected chi connectivity index (χ4v) is 3.98. The molecular formula is C26H29N3O4. The lowest BCUT2D eigenvalue weighted by Gasteiger charge is -2.35. The van der Waals surface area contributed by atoms with Gasteiger partial charge in [0.05, 0.1) is 14.2 Å². The molecule has 0 radical (unpaired) electrons. The lowest BCUT2D eigenvalue weighted by molar-refractivity contribution is -0.142. The van der Waals surface area contributed by atoms with Gasteiger partial charge < -0.3 is 19.1 Å². The van der Waals surface area contributed by atoms with E-state index in [0.717, 1.165) is 61.0 Å². The molecule has 2 aromatic carbocycles. The van der Waals surface area contributed by atoms with Crippen molar-refractivity contribution in [2.75, 3.05) is 51.9 Å². The summed E-state index contributed by atoms with van der Waals surface area (Å²) >= 11 is 0. The highest BCUT2D eigenvalue weighted by Crippen LogP contribution is 2.31. The van der Waals surface area contributed by atoms with Crippen LogP contribution < -0.4 is 14.4 Å². The molecular weight excluding hydrogens is 418 g/mol. The van der Waals surface area contributed by atoms with Crippen LogP contribution in [0.5, 0.6) is 11.5 Å². The zero-order valence-electron chi connectivity index (χ0n) is 19.1. The first-order valence-corrected chi connectivity index (χ1v) is 11.0. The number of hydrogen-bond acceptors (Lipinski definition) is 7. The van der Waals surface area contributed by atoms with E-state index in [4.69, 9.17) is 14.2 Å². The number of benzene rings is 2. The Morgan fingerprint density at radius 1 is 0.939 bits per heavy atom. The van der Waals surface area contributed by atoms with Crippen LogP contribution in [0, 0.1) is 0 Å². The van der Waals surface area contributed by atoms with Gasteiger partial charge in [-0.1, -0.05) is 24.3 Å². The van der Waals surface area contributed by atoms with Crippen molar-refractivity contribution in [1.29, 1.82) is 0 Å². The highest BCUT2D eigenvalue weighted by atomic mass is 16.6. The summed E-state index contributed by atoms with van der Waals surface area (Å²) in [6, 6.07) is 20.0. The number of nitrogens with zero attached hydrogens (tertiary/aromatic N) is 3. The zero-order valence-corrected chi connectivity index (χ0v) is 19.1. The SMILES string of the molecule is COC(=O)COc1ccc(-c2cccc(OC)c2)c(CN2CCN(c3ccccn3)CC2)c1. The molecule has 0 unspecified atom stereocenters. The van der Waals surface area contributed by atoms with E-state index < -0.39 is 5.97 Å². The molecule has 0 aliphatic carbocycles. The fraction of sp³-hybridized carbons (Fsp3) is 0.308. The van der Waals surface area contributed by atoms with Gasteiger partial charge in [0.2, 0.25) is 0 Å². The van der Waals surface area contributed by atoms with Crippen LogP contribution in [-0.2, 0) is 16.1 Å². The zero-order chi connectivity index (χ0) is 23.0. The molecule has 0 amide bonds. The van der Waals surface area contributed by atoms with Gasteiger partial charge in [0.25, 0.3) is 0 Å². The van der Waals surface area contributed by atoms with Crippen molar-refractivity contribution in [3.8, 4) is 22.6 Å². The predicted octanol–water partition coefficient (Wildman–Crippen LogP) is 3.63. The summed E-state index contributed by atoms with van der Waals surface area (Å²) in [6.45, 7) is 4.37. The van der Waals surface area contributed by atoms with Crippen LogP contribution in [0.1, 0.15) is 5.56 Å². The van der Waals surface area contributed by atoms with Crippen molar-refractivity contribution >= 4 is 11.8 Å². The molecule has 1 aliphatic rings. The van der Waals surface area contributed by atoms with Gasteiger partial charge in [-0.05, 0) is 53.1 Å². The van der Waals surface area contributed by atoms with Crippen molar-refractivity contribution in [3.63, 3.8) is 0 Å². The van der Waals surface area contributed by atoms with E-state index in [-0.39, 0.29) is 6.61 Å². The largest absolute Gasteiger partial charge is 0.497 e. The smallest absolute Gasteiger partial charge is 0.343 e. The monoisotopic (exact) mass is 447 g/mol. The van der Waals surface area contributed by atoms with Crippen LogP contribution in [-0.4, -0.2) is 62.9 Å². The molecule has 1 aliphatic heterocycles. The molecule has 1 saturated heterocycles. The molecule has 0 atom stereocenters. The first kappa shape index (κ1) is 22.6. The van der Waals surface area contributed by atoms with E-state index >= 15 is 0 Å². The van der Waals surface area contributed by atoms with E-state index in [1.807, 2.05) is 54.7 Å². The summed E-state index contributed by atoms with van der Waals surface area (Å²) in [5, 5.41) is 0. The van der Waals surface area contributed by atoms with Gasteiger partial charge in [-0.2, -0.15) is 0 Å². The lowest BCUT2D eigenvalue weighted by atomic mass is 9.98. The third kappa shape index (κ3) is 5.81. The molecule has 2 heterocycles. The Bertz CT molecular complexity index is 1070. The van der Waals surface area contributed by atoms with Crippen molar-refractivity contribution < 1.29 is 19.0 Å². The van der Waals surface area contributed by atoms with E-state index in [1.54, 1.807) is 7.11 Å². The molecule has 1 fully saturated rings. The average molecular weight is 448 g/mol. The second-order valence-corrected chi connectivity index (χ2v) is 7.87. The van der Waals surface area contributed by atoms with E-state index in [9.17, 15) is 4.79 Å². The minimum atomic E-state index is -0.404. The average Bonchev–Trinajstić information content (AvgIpc) is 2.88. The maximum atomic E-state index is 11.5. The number of esters is 1. The molecule has 0 saturated carbocycles. The second kappa shape index (κ2) is 10.8. The Balaban J connectivity index is 1.53. The van der Waals surface area contributed by atoms with Gasteiger partial charge in [-0.3, -0.25) is 4.90 Å². The molecule has 33 heavy (non-hydrogen) atoms. The molecule has 3 aromatic rings. The van der Waals surface area contributed by atoms with E-state index in [0.29, 0.717) is 5.75 Å². The molecule has 0 bridgehead atoms. The minimum Gasteiger partial charge on any atom is -0.497 e. The van der Waals surface area contributed by atoms with Gasteiger partial charge in [0.15, 0.2) is 6.61 Å². The standard InChI is InChI=1S/C26H29N3O4/c1-31-22-7-5-6-20(16-22)24-10-9-23(33-19-26(30)32-2)17-21(24)18-28-12-14-29(15-13-28)25-8-3-4-11-27-25/h3-11,16-17H,12-15,18-19H2,1-2H3. The predicted molar refractivity (Wildman–Crippen MR) is 128 cm³/mol. The van der Waals surface area contributed by atoms with Crippen LogP contribution in [0.3, 0.4) is 0 Å². The van der Waals surface area contributed by atoms with Gasteiger partial charge in [0, 0.05) is 38.9 Å². The molecule has 1 aromatic heterocycles. The molecule has 4 rings (SSSR count). The Morgan fingerprint density at radius 3 is 2.52 bits per heavy atom. The number of pyridine rings is 1. The highest BCUT2D eigenvalue weighted by molar-refractivity contribution is 5.72. The first-order chi connectivity index (χ1) is 16.2. The van der Waals surface area contributed by atoms with Crippen LogP contribution in [0.15, 0.2) is 66.9 Å². The molecule has 7 heteroatoms. The number of ether oxygens (including phenoxy) is 3. The number of piperazine rings is 1. The van der Waals surface area contributed by atoms with Gasteiger partial charge in [-0.25, -0.2) is 9.78 Å². The van der Waals surface area contributed by atoms with Crippen molar-refractivity contribution in [3.05, 3.63) is 72.4 Å². The summed E-state index contributed by atoms with van der Waals surface area (Å²) in [5.74, 6) is 2.08. The van der Waals surface area contributed by atoms with Crippen molar-refractivity contribution in [1.82, 2.24) is 9.88 Å². The normalized spacial score (nSPS) is 14.1. The Kier molecular flexibility index (Phi) is 7.42. The minimum absolute atomic E-state index is 0.114. The summed E-state index contributed by atoms with van der Waals surface area (Å²) in [4.78, 5) is 20.7. The number of carbonyl (C=O) groups excluding carboxylic acids is 1. The fourth-order valence-electron chi connectivity index (χ4n) is 3.98. The summed E-state index contributed by atoms with van der Waals surface area (Å²) < 4.78 is 15.8. The first-order valence-electron chi connectivity index (χ1n) is 11.0. The van der Waals surface area contributed by atoms with Crippen LogP contribution in [0.2, 0.25) is 0 Å². The number of carbonyl (C=O) groups is 1. The quantitative estimate of drug-likeness (QED) is 0.489. The Labute approximate surface area is 194 Å².